The summed E-state index contributed by atoms with van der Waals surface area (Å²) in [6.45, 7) is 1.19. The summed E-state index contributed by atoms with van der Waals surface area (Å²) in [5.41, 5.74) is 8.30. The number of benzene rings is 1. The maximum atomic E-state index is 12.7. The minimum Gasteiger partial charge on any atom is -0.493 e. The van der Waals surface area contributed by atoms with Crippen molar-refractivity contribution in [3.63, 3.8) is 0 Å². The van der Waals surface area contributed by atoms with Crippen molar-refractivity contribution in [1.29, 1.82) is 0 Å². The molecule has 2 aromatic rings. The monoisotopic (exact) mass is 328 g/mol. The van der Waals surface area contributed by atoms with Crippen molar-refractivity contribution < 1.29 is 14.3 Å². The molecule has 2 heterocycles. The molecule has 7 nitrogen and oxygen atoms in total. The number of aromatic nitrogens is 2. The summed E-state index contributed by atoms with van der Waals surface area (Å²) >= 11 is 0. The Morgan fingerprint density at radius 2 is 1.58 bits per heavy atom. The van der Waals surface area contributed by atoms with Crippen molar-refractivity contribution in [2.24, 2.45) is 0 Å². The number of fused-ring (bicyclic) bond motifs is 1. The van der Waals surface area contributed by atoms with Gasteiger partial charge in [0.05, 0.1) is 14.2 Å². The normalized spacial score (nSPS) is 13.8. The topological polar surface area (TPSA) is 90.6 Å². The van der Waals surface area contributed by atoms with Gasteiger partial charge < -0.3 is 20.1 Å². The molecule has 24 heavy (non-hydrogen) atoms. The van der Waals surface area contributed by atoms with E-state index >= 15 is 0 Å². The number of carbonyl (C=O) groups is 1. The summed E-state index contributed by atoms with van der Waals surface area (Å²) < 4.78 is 10.7. The number of carbonyl (C=O) groups excluding carboxylic acids is 1. The van der Waals surface area contributed by atoms with Crippen LogP contribution in [0.2, 0.25) is 0 Å². The zero-order valence-corrected chi connectivity index (χ0v) is 13.8. The Morgan fingerprint density at radius 3 is 2.08 bits per heavy atom. The predicted octanol–water partition coefficient (Wildman–Crippen LogP) is 1.32. The molecule has 1 aliphatic rings. The fourth-order valence-corrected chi connectivity index (χ4v) is 2.92. The summed E-state index contributed by atoms with van der Waals surface area (Å²) in [6.07, 6.45) is 4.43. The van der Waals surface area contributed by atoms with Crippen LogP contribution >= 0.6 is 0 Å². The molecule has 0 radical (unpaired) electrons. The van der Waals surface area contributed by atoms with E-state index in [-0.39, 0.29) is 17.4 Å². The maximum absolute atomic E-state index is 12.7. The molecule has 0 unspecified atom stereocenters. The molecule has 0 spiro atoms. The van der Waals surface area contributed by atoms with Crippen LogP contribution < -0.4 is 15.2 Å². The molecule has 0 bridgehead atoms. The fourth-order valence-electron chi connectivity index (χ4n) is 2.92. The SMILES string of the molecule is COc1cc2c(cc1OC)CCN(C(=O)c1nccnc1N)CC2. The lowest BCUT2D eigenvalue weighted by atomic mass is 10.0. The van der Waals surface area contributed by atoms with Gasteiger partial charge in [0.1, 0.15) is 0 Å². The molecule has 7 heteroatoms. The number of methoxy groups -OCH3 is 2. The maximum Gasteiger partial charge on any atom is 0.276 e. The van der Waals surface area contributed by atoms with Crippen LogP contribution in [-0.4, -0.2) is 48.1 Å². The molecule has 126 valence electrons. The van der Waals surface area contributed by atoms with Crippen LogP contribution in [0.1, 0.15) is 21.6 Å². The number of hydrogen-bond acceptors (Lipinski definition) is 6. The third-order valence-corrected chi connectivity index (χ3v) is 4.22. The van der Waals surface area contributed by atoms with E-state index in [1.54, 1.807) is 19.1 Å². The minimum atomic E-state index is -0.188. The predicted molar refractivity (Wildman–Crippen MR) is 89.3 cm³/mol. The highest BCUT2D eigenvalue weighted by Gasteiger charge is 2.23. The van der Waals surface area contributed by atoms with Gasteiger partial charge in [0.15, 0.2) is 23.0 Å². The number of amides is 1. The zero-order chi connectivity index (χ0) is 17.1. The summed E-state index contributed by atoms with van der Waals surface area (Å²) in [7, 11) is 3.24. The highest BCUT2D eigenvalue weighted by atomic mass is 16.5. The van der Waals surface area contributed by atoms with Gasteiger partial charge in [-0.05, 0) is 36.1 Å². The summed E-state index contributed by atoms with van der Waals surface area (Å²) in [5, 5.41) is 0. The molecular weight excluding hydrogens is 308 g/mol. The van der Waals surface area contributed by atoms with Crippen LogP contribution in [0, 0.1) is 0 Å². The number of ether oxygens (including phenoxy) is 2. The van der Waals surface area contributed by atoms with Crippen LogP contribution in [0.3, 0.4) is 0 Å². The molecule has 1 aromatic carbocycles. The van der Waals surface area contributed by atoms with Gasteiger partial charge in [0.25, 0.3) is 5.91 Å². The van der Waals surface area contributed by atoms with Gasteiger partial charge in [0.2, 0.25) is 0 Å². The molecule has 0 saturated heterocycles. The van der Waals surface area contributed by atoms with Crippen molar-refractivity contribution >= 4 is 11.7 Å². The minimum absolute atomic E-state index is 0.160. The Kier molecular flexibility index (Phi) is 4.50. The van der Waals surface area contributed by atoms with Gasteiger partial charge in [-0.25, -0.2) is 9.97 Å². The number of nitrogens with two attached hydrogens (primary N) is 1. The third-order valence-electron chi connectivity index (χ3n) is 4.22. The summed E-state index contributed by atoms with van der Waals surface area (Å²) in [6, 6.07) is 3.97. The van der Waals surface area contributed by atoms with Gasteiger partial charge in [-0.2, -0.15) is 0 Å². The second-order valence-corrected chi connectivity index (χ2v) is 5.56. The lowest BCUT2D eigenvalue weighted by molar-refractivity contribution is 0.0758. The van der Waals surface area contributed by atoms with E-state index in [4.69, 9.17) is 15.2 Å². The van der Waals surface area contributed by atoms with Crippen molar-refractivity contribution in [3.8, 4) is 11.5 Å². The van der Waals surface area contributed by atoms with E-state index in [1.807, 2.05) is 12.1 Å². The second-order valence-electron chi connectivity index (χ2n) is 5.56. The Balaban J connectivity index is 1.83. The first kappa shape index (κ1) is 16.0. The molecule has 1 aromatic heterocycles. The van der Waals surface area contributed by atoms with Crippen LogP contribution in [0.5, 0.6) is 11.5 Å². The number of anilines is 1. The first-order valence-electron chi connectivity index (χ1n) is 7.73. The van der Waals surface area contributed by atoms with Crippen molar-refractivity contribution in [2.45, 2.75) is 12.8 Å². The van der Waals surface area contributed by atoms with Crippen molar-refractivity contribution in [3.05, 3.63) is 41.3 Å². The number of rotatable bonds is 3. The van der Waals surface area contributed by atoms with Crippen LogP contribution in [0.4, 0.5) is 5.82 Å². The standard InChI is InChI=1S/C17H20N4O3/c1-23-13-9-11-3-7-21(8-4-12(11)10-14(13)24-2)17(22)15-16(18)20-6-5-19-15/h5-6,9-10H,3-4,7-8H2,1-2H3,(H2,18,20). The van der Waals surface area contributed by atoms with E-state index < -0.39 is 0 Å². The molecule has 3 rings (SSSR count). The second kappa shape index (κ2) is 6.74. The lowest BCUT2D eigenvalue weighted by Gasteiger charge is -2.20. The van der Waals surface area contributed by atoms with Crippen LogP contribution in [-0.2, 0) is 12.8 Å². The average Bonchev–Trinajstić information content (AvgIpc) is 2.82. The molecule has 1 amide bonds. The quantitative estimate of drug-likeness (QED) is 0.914. The Morgan fingerprint density at radius 1 is 1.04 bits per heavy atom. The first-order valence-corrected chi connectivity index (χ1v) is 7.73. The van der Waals surface area contributed by atoms with Gasteiger partial charge in [-0.1, -0.05) is 0 Å². The molecule has 1 aliphatic heterocycles. The van der Waals surface area contributed by atoms with Crippen LogP contribution in [0.25, 0.3) is 0 Å². The Bertz CT molecular complexity index is 728. The van der Waals surface area contributed by atoms with Gasteiger partial charge >= 0.3 is 0 Å². The van der Waals surface area contributed by atoms with Gasteiger partial charge in [-0.15, -0.1) is 0 Å². The molecule has 0 atom stereocenters. The summed E-state index contributed by atoms with van der Waals surface area (Å²) in [5.74, 6) is 1.38. The largest absolute Gasteiger partial charge is 0.493 e. The smallest absolute Gasteiger partial charge is 0.276 e. The Labute approximate surface area is 140 Å². The Hall–Kier alpha value is -2.83. The molecule has 2 N–H and O–H groups in total. The van der Waals surface area contributed by atoms with Crippen molar-refractivity contribution in [1.82, 2.24) is 14.9 Å². The first-order chi connectivity index (χ1) is 11.6. The number of hydrogen-bond donors (Lipinski definition) is 1. The van der Waals surface area contributed by atoms with E-state index in [1.165, 1.54) is 12.4 Å². The number of nitrogens with zero attached hydrogens (tertiary/aromatic N) is 3. The van der Waals surface area contributed by atoms with Crippen molar-refractivity contribution in [2.75, 3.05) is 33.0 Å². The van der Waals surface area contributed by atoms with E-state index in [0.29, 0.717) is 24.6 Å². The highest BCUT2D eigenvalue weighted by Crippen LogP contribution is 2.32. The highest BCUT2D eigenvalue weighted by molar-refractivity contribution is 5.96. The molecule has 0 aliphatic carbocycles. The van der Waals surface area contributed by atoms with E-state index in [9.17, 15) is 4.79 Å². The van der Waals surface area contributed by atoms with E-state index in [0.717, 1.165) is 24.0 Å². The third kappa shape index (κ3) is 2.97. The van der Waals surface area contributed by atoms with E-state index in [2.05, 4.69) is 9.97 Å². The van der Waals surface area contributed by atoms with Gasteiger partial charge in [-0.3, -0.25) is 4.79 Å². The molecule has 0 saturated carbocycles. The lowest BCUT2D eigenvalue weighted by Crippen LogP contribution is -2.34. The van der Waals surface area contributed by atoms with Gasteiger partial charge in [0, 0.05) is 25.5 Å². The average molecular weight is 328 g/mol. The number of nitrogen functional groups attached to an aromatic ring is 1. The van der Waals surface area contributed by atoms with Crippen LogP contribution in [0.15, 0.2) is 24.5 Å². The molecular formula is C17H20N4O3. The zero-order valence-electron chi connectivity index (χ0n) is 13.8. The molecule has 0 fully saturated rings. The fraction of sp³-hybridized carbons (Fsp3) is 0.353. The summed E-state index contributed by atoms with van der Waals surface area (Å²) in [4.78, 5) is 22.4.